The quantitative estimate of drug-likeness (QED) is 0.111. The molecule has 0 saturated carbocycles. The summed E-state index contributed by atoms with van der Waals surface area (Å²) in [5, 5.41) is 22.9. The summed E-state index contributed by atoms with van der Waals surface area (Å²) in [6, 6.07) is 10.9. The van der Waals surface area contributed by atoms with E-state index in [0.29, 0.717) is 18.2 Å². The fourth-order valence-electron chi connectivity index (χ4n) is 3.19. The summed E-state index contributed by atoms with van der Waals surface area (Å²) >= 11 is 0. The molecule has 3 aromatic carbocycles. The van der Waals surface area contributed by atoms with Crippen LogP contribution in [0.4, 0.5) is 37.7 Å². The standard InChI is InChI=1S/C25H15F6N3O5/c1-38-22-10-14(9-15(13-32)23(35)33-18-4-2-3-16(11-18)24(26,27)28)5-7-21(22)39-20-8-6-17(25(29,30)31)12-19(20)34(36)37/h2-12H,1H3,(H,33,35)/b15-9+. The van der Waals surface area contributed by atoms with Crippen molar-refractivity contribution in [3.8, 4) is 23.3 Å². The number of nitrogens with zero attached hydrogens (tertiary/aromatic N) is 2. The van der Waals surface area contributed by atoms with Crippen molar-refractivity contribution in [3.05, 3.63) is 93.0 Å². The summed E-state index contributed by atoms with van der Waals surface area (Å²) in [4.78, 5) is 22.8. The lowest BCUT2D eigenvalue weighted by atomic mass is 10.1. The molecule has 3 aromatic rings. The molecule has 0 spiro atoms. The van der Waals surface area contributed by atoms with Gasteiger partial charge in [0.2, 0.25) is 5.75 Å². The second-order valence-corrected chi connectivity index (χ2v) is 7.65. The number of hydrogen-bond donors (Lipinski definition) is 1. The molecule has 0 aliphatic carbocycles. The Balaban J connectivity index is 1.88. The number of hydrogen-bond acceptors (Lipinski definition) is 6. The van der Waals surface area contributed by atoms with Gasteiger partial charge in [-0.1, -0.05) is 12.1 Å². The molecular formula is C25H15F6N3O5. The normalized spacial score (nSPS) is 11.9. The summed E-state index contributed by atoms with van der Waals surface area (Å²) in [6.07, 6.45) is -8.37. The number of carbonyl (C=O) groups excluding carboxylic acids is 1. The first-order valence-electron chi connectivity index (χ1n) is 10.5. The monoisotopic (exact) mass is 551 g/mol. The molecule has 0 aliphatic heterocycles. The van der Waals surface area contributed by atoms with Crippen molar-refractivity contribution in [1.82, 2.24) is 0 Å². The number of amides is 1. The predicted octanol–water partition coefficient (Wildman–Crippen LogP) is 6.98. The van der Waals surface area contributed by atoms with Crippen LogP contribution in [-0.4, -0.2) is 17.9 Å². The van der Waals surface area contributed by atoms with Crippen molar-refractivity contribution in [1.29, 1.82) is 5.26 Å². The maximum absolute atomic E-state index is 12.9. The Morgan fingerprint density at radius 2 is 1.59 bits per heavy atom. The van der Waals surface area contributed by atoms with Crippen LogP contribution in [0, 0.1) is 21.4 Å². The maximum Gasteiger partial charge on any atom is 0.416 e. The number of carbonyl (C=O) groups is 1. The average molecular weight is 551 g/mol. The van der Waals surface area contributed by atoms with E-state index in [0.717, 1.165) is 24.3 Å². The van der Waals surface area contributed by atoms with E-state index in [1.165, 1.54) is 31.4 Å². The number of nitriles is 1. The van der Waals surface area contributed by atoms with E-state index in [2.05, 4.69) is 5.32 Å². The van der Waals surface area contributed by atoms with Crippen molar-refractivity contribution in [3.63, 3.8) is 0 Å². The number of alkyl halides is 6. The highest BCUT2D eigenvalue weighted by atomic mass is 19.4. The van der Waals surface area contributed by atoms with E-state index in [1.807, 2.05) is 0 Å². The molecule has 1 N–H and O–H groups in total. The lowest BCUT2D eigenvalue weighted by Crippen LogP contribution is -2.14. The van der Waals surface area contributed by atoms with E-state index in [1.54, 1.807) is 6.07 Å². The zero-order valence-electron chi connectivity index (χ0n) is 19.6. The number of nitrogens with one attached hydrogen (secondary N) is 1. The van der Waals surface area contributed by atoms with Crippen molar-refractivity contribution < 1.29 is 45.5 Å². The third kappa shape index (κ3) is 7.04. The predicted molar refractivity (Wildman–Crippen MR) is 125 cm³/mol. The van der Waals surface area contributed by atoms with Crippen LogP contribution in [0.5, 0.6) is 17.2 Å². The second-order valence-electron chi connectivity index (χ2n) is 7.65. The van der Waals surface area contributed by atoms with Gasteiger partial charge in [-0.3, -0.25) is 14.9 Å². The number of nitro benzene ring substituents is 1. The molecule has 0 bridgehead atoms. The van der Waals surface area contributed by atoms with Gasteiger partial charge in [-0.15, -0.1) is 0 Å². The Morgan fingerprint density at radius 1 is 0.949 bits per heavy atom. The van der Waals surface area contributed by atoms with Crippen molar-refractivity contribution >= 4 is 23.4 Å². The number of benzene rings is 3. The van der Waals surface area contributed by atoms with Gasteiger partial charge in [-0.2, -0.15) is 31.6 Å². The van der Waals surface area contributed by atoms with Crippen molar-refractivity contribution in [2.24, 2.45) is 0 Å². The highest BCUT2D eigenvalue weighted by molar-refractivity contribution is 6.09. The molecule has 1 amide bonds. The third-order valence-corrected chi connectivity index (χ3v) is 5.01. The molecule has 0 aromatic heterocycles. The molecule has 14 heteroatoms. The SMILES string of the molecule is COc1cc(/C=C(\C#N)C(=O)Nc2cccc(C(F)(F)F)c2)ccc1Oc1ccc(C(F)(F)F)cc1[N+](=O)[O-]. The van der Waals surface area contributed by atoms with E-state index < -0.39 is 51.3 Å². The largest absolute Gasteiger partial charge is 0.493 e. The van der Waals surface area contributed by atoms with Gasteiger partial charge >= 0.3 is 18.0 Å². The number of rotatable bonds is 7. The Labute approximate surface area is 215 Å². The first kappa shape index (κ1) is 28.5. The summed E-state index contributed by atoms with van der Waals surface area (Å²) < 4.78 is 88.1. The maximum atomic E-state index is 12.9. The highest BCUT2D eigenvalue weighted by Gasteiger charge is 2.34. The van der Waals surface area contributed by atoms with Gasteiger partial charge in [0.15, 0.2) is 11.5 Å². The average Bonchev–Trinajstić information content (AvgIpc) is 2.87. The van der Waals surface area contributed by atoms with Gasteiger partial charge in [-0.25, -0.2) is 0 Å². The zero-order chi connectivity index (χ0) is 29.0. The van der Waals surface area contributed by atoms with Crippen LogP contribution in [0.15, 0.2) is 66.2 Å². The van der Waals surface area contributed by atoms with Crippen LogP contribution < -0.4 is 14.8 Å². The third-order valence-electron chi connectivity index (χ3n) is 5.01. The van der Waals surface area contributed by atoms with E-state index >= 15 is 0 Å². The van der Waals surface area contributed by atoms with Gasteiger partial charge in [0, 0.05) is 11.8 Å². The topological polar surface area (TPSA) is 114 Å². The van der Waals surface area contributed by atoms with Gasteiger partial charge in [0.1, 0.15) is 11.6 Å². The lowest BCUT2D eigenvalue weighted by Gasteiger charge is -2.13. The van der Waals surface area contributed by atoms with E-state index in [-0.39, 0.29) is 22.7 Å². The Hall–Kier alpha value is -5.06. The Kier molecular flexibility index (Phi) is 8.14. The molecule has 39 heavy (non-hydrogen) atoms. The Bertz CT molecular complexity index is 1490. The fourth-order valence-corrected chi connectivity index (χ4v) is 3.19. The Morgan fingerprint density at radius 3 is 2.18 bits per heavy atom. The number of nitro groups is 1. The van der Waals surface area contributed by atoms with Crippen LogP contribution in [0.1, 0.15) is 16.7 Å². The zero-order valence-corrected chi connectivity index (χ0v) is 19.6. The molecule has 202 valence electrons. The summed E-state index contributed by atoms with van der Waals surface area (Å²) in [7, 11) is 1.20. The molecule has 0 saturated heterocycles. The summed E-state index contributed by atoms with van der Waals surface area (Å²) in [5.41, 5.74) is -3.69. The fraction of sp³-hybridized carbons (Fsp3) is 0.120. The van der Waals surface area contributed by atoms with Crippen LogP contribution >= 0.6 is 0 Å². The first-order valence-corrected chi connectivity index (χ1v) is 10.5. The molecule has 0 fully saturated rings. The van der Waals surface area contributed by atoms with Crippen LogP contribution in [-0.2, 0) is 17.1 Å². The van der Waals surface area contributed by atoms with E-state index in [9.17, 15) is 46.5 Å². The minimum atomic E-state index is -4.82. The second kappa shape index (κ2) is 11.1. The molecular weight excluding hydrogens is 536 g/mol. The molecule has 3 rings (SSSR count). The smallest absolute Gasteiger partial charge is 0.416 e. The van der Waals surface area contributed by atoms with Crippen LogP contribution in [0.3, 0.4) is 0 Å². The molecule has 0 heterocycles. The van der Waals surface area contributed by atoms with Crippen molar-refractivity contribution in [2.75, 3.05) is 12.4 Å². The molecule has 0 aliphatic rings. The van der Waals surface area contributed by atoms with Gasteiger partial charge in [0.25, 0.3) is 5.91 Å². The number of halogens is 6. The van der Waals surface area contributed by atoms with Crippen molar-refractivity contribution in [2.45, 2.75) is 12.4 Å². The van der Waals surface area contributed by atoms with Crippen LogP contribution in [0.2, 0.25) is 0 Å². The number of anilines is 1. The van der Waals surface area contributed by atoms with E-state index in [4.69, 9.17) is 9.47 Å². The van der Waals surface area contributed by atoms with Gasteiger partial charge in [-0.05, 0) is 54.1 Å². The summed E-state index contributed by atoms with van der Waals surface area (Å²) in [6.45, 7) is 0. The van der Waals surface area contributed by atoms with Crippen LogP contribution in [0.25, 0.3) is 6.08 Å². The minimum Gasteiger partial charge on any atom is -0.493 e. The van der Waals surface area contributed by atoms with Gasteiger partial charge < -0.3 is 14.8 Å². The molecule has 0 unspecified atom stereocenters. The first-order chi connectivity index (χ1) is 18.2. The summed E-state index contributed by atoms with van der Waals surface area (Å²) in [5.74, 6) is -1.71. The lowest BCUT2D eigenvalue weighted by molar-refractivity contribution is -0.385. The minimum absolute atomic E-state index is 0.0616. The number of ether oxygens (including phenoxy) is 2. The molecule has 0 radical (unpaired) electrons. The molecule has 0 atom stereocenters. The number of methoxy groups -OCH3 is 1. The van der Waals surface area contributed by atoms with Gasteiger partial charge in [0.05, 0.1) is 23.2 Å². The highest BCUT2D eigenvalue weighted by Crippen LogP contribution is 2.40. The molecule has 8 nitrogen and oxygen atoms in total.